The molecule has 0 bridgehead atoms. The van der Waals surface area contributed by atoms with Gasteiger partial charge in [0.2, 0.25) is 5.13 Å². The fraction of sp³-hybridized carbons (Fsp3) is 0.0435. The molecule has 0 spiro atoms. The first-order valence-corrected chi connectivity index (χ1v) is 10.4. The van der Waals surface area contributed by atoms with Gasteiger partial charge in [0, 0.05) is 51.9 Å². The van der Waals surface area contributed by atoms with Gasteiger partial charge in [-0.25, -0.2) is 4.98 Å². The summed E-state index contributed by atoms with van der Waals surface area (Å²) in [5.41, 5.74) is 7.71. The zero-order valence-electron chi connectivity index (χ0n) is 16.5. The van der Waals surface area contributed by atoms with E-state index in [9.17, 15) is 10.1 Å². The van der Waals surface area contributed by atoms with Crippen LogP contribution < -0.4 is 5.43 Å². The Hall–Kier alpha value is -4.04. The lowest BCUT2D eigenvalue weighted by molar-refractivity contribution is -0.384. The SMILES string of the molecule is Cn1c2ccccc2c2cc(/C=N/Nc3nc(-c4cccc([N+](=O)[O-])c4)cs3)ccc21. The Morgan fingerprint density at radius 2 is 1.90 bits per heavy atom. The number of aromatic nitrogens is 2. The molecule has 5 aromatic rings. The van der Waals surface area contributed by atoms with E-state index in [-0.39, 0.29) is 5.69 Å². The van der Waals surface area contributed by atoms with E-state index in [0.717, 1.165) is 5.56 Å². The topological polar surface area (TPSA) is 85.3 Å². The molecule has 0 aliphatic carbocycles. The van der Waals surface area contributed by atoms with Gasteiger partial charge < -0.3 is 4.57 Å². The monoisotopic (exact) mass is 427 g/mol. The van der Waals surface area contributed by atoms with Crippen LogP contribution in [0.15, 0.2) is 77.2 Å². The standard InChI is InChI=1S/C23H17N5O2S/c1-27-21-8-3-2-7-18(21)19-11-15(9-10-22(19)27)13-24-26-23-25-20(14-31-23)16-5-4-6-17(12-16)28(29)30/h2-14H,1H3,(H,25,26)/b24-13+. The highest BCUT2D eigenvalue weighted by molar-refractivity contribution is 7.14. The first-order valence-electron chi connectivity index (χ1n) is 9.57. The number of rotatable bonds is 5. The molecule has 2 heterocycles. The van der Waals surface area contributed by atoms with E-state index in [0.29, 0.717) is 16.4 Å². The number of fused-ring (bicyclic) bond motifs is 3. The molecular weight excluding hydrogens is 410 g/mol. The highest BCUT2D eigenvalue weighted by Gasteiger charge is 2.10. The number of aryl methyl sites for hydroxylation is 1. The van der Waals surface area contributed by atoms with Crippen molar-refractivity contribution in [2.24, 2.45) is 12.1 Å². The number of hydrogen-bond donors (Lipinski definition) is 1. The number of nitro benzene ring substituents is 1. The molecule has 1 N–H and O–H groups in total. The number of nitro groups is 1. The molecule has 0 aliphatic rings. The van der Waals surface area contributed by atoms with E-state index in [2.05, 4.69) is 51.4 Å². The van der Waals surface area contributed by atoms with E-state index in [1.165, 1.54) is 45.3 Å². The van der Waals surface area contributed by atoms with Gasteiger partial charge in [-0.15, -0.1) is 11.3 Å². The Labute approximate surface area is 181 Å². The number of nitrogens with zero attached hydrogens (tertiary/aromatic N) is 4. The maximum Gasteiger partial charge on any atom is 0.270 e. The third-order valence-corrected chi connectivity index (χ3v) is 5.92. The van der Waals surface area contributed by atoms with Crippen LogP contribution in [0.2, 0.25) is 0 Å². The molecular formula is C23H17N5O2S. The summed E-state index contributed by atoms with van der Waals surface area (Å²) in [7, 11) is 2.07. The Balaban J connectivity index is 1.36. The number of anilines is 1. The van der Waals surface area contributed by atoms with Gasteiger partial charge in [-0.1, -0.05) is 36.4 Å². The fourth-order valence-electron chi connectivity index (χ4n) is 3.66. The van der Waals surface area contributed by atoms with E-state index in [1.807, 2.05) is 23.6 Å². The summed E-state index contributed by atoms with van der Waals surface area (Å²) >= 11 is 1.39. The average molecular weight is 427 g/mol. The second kappa shape index (κ2) is 7.66. The van der Waals surface area contributed by atoms with Gasteiger partial charge in [0.1, 0.15) is 0 Å². The highest BCUT2D eigenvalue weighted by atomic mass is 32.1. The molecule has 0 unspecified atom stereocenters. The third-order valence-electron chi connectivity index (χ3n) is 5.17. The van der Waals surface area contributed by atoms with Crippen molar-refractivity contribution in [3.63, 3.8) is 0 Å². The molecule has 31 heavy (non-hydrogen) atoms. The number of thiazole rings is 1. The molecule has 2 aromatic heterocycles. The summed E-state index contributed by atoms with van der Waals surface area (Å²) in [4.78, 5) is 15.0. The van der Waals surface area contributed by atoms with Gasteiger partial charge in [-0.2, -0.15) is 5.10 Å². The van der Waals surface area contributed by atoms with Crippen LogP contribution in [0.25, 0.3) is 33.1 Å². The smallest absolute Gasteiger partial charge is 0.270 e. The molecule has 0 aliphatic heterocycles. The van der Waals surface area contributed by atoms with Crippen LogP contribution in [0.3, 0.4) is 0 Å². The third kappa shape index (κ3) is 3.53. The lowest BCUT2D eigenvalue weighted by atomic mass is 10.1. The van der Waals surface area contributed by atoms with Gasteiger partial charge in [0.15, 0.2) is 0 Å². The van der Waals surface area contributed by atoms with Crippen molar-refractivity contribution in [1.82, 2.24) is 9.55 Å². The minimum absolute atomic E-state index is 0.0434. The van der Waals surface area contributed by atoms with Crippen molar-refractivity contribution in [3.8, 4) is 11.3 Å². The second-order valence-corrected chi connectivity index (χ2v) is 7.93. The van der Waals surface area contributed by atoms with Gasteiger partial charge in [0.05, 0.1) is 16.8 Å². The predicted molar refractivity (Wildman–Crippen MR) is 126 cm³/mol. The molecule has 0 fully saturated rings. The van der Waals surface area contributed by atoms with E-state index < -0.39 is 4.92 Å². The van der Waals surface area contributed by atoms with Crippen molar-refractivity contribution < 1.29 is 4.92 Å². The van der Waals surface area contributed by atoms with E-state index >= 15 is 0 Å². The maximum atomic E-state index is 11.0. The van der Waals surface area contributed by atoms with Gasteiger partial charge >= 0.3 is 0 Å². The molecule has 152 valence electrons. The molecule has 8 heteroatoms. The first kappa shape index (κ1) is 19.0. The summed E-state index contributed by atoms with van der Waals surface area (Å²) in [5.74, 6) is 0. The van der Waals surface area contributed by atoms with Crippen LogP contribution in [-0.2, 0) is 7.05 Å². The first-order chi connectivity index (χ1) is 15.1. The van der Waals surface area contributed by atoms with Crippen molar-refractivity contribution in [2.45, 2.75) is 0 Å². The Morgan fingerprint density at radius 1 is 1.06 bits per heavy atom. The van der Waals surface area contributed by atoms with Gasteiger partial charge in [0.25, 0.3) is 5.69 Å². The normalized spacial score (nSPS) is 11.5. The quantitative estimate of drug-likeness (QED) is 0.218. The largest absolute Gasteiger partial charge is 0.344 e. The van der Waals surface area contributed by atoms with Crippen LogP contribution in [0.1, 0.15) is 5.56 Å². The number of hydrazone groups is 1. The molecule has 0 atom stereocenters. The predicted octanol–water partition coefficient (Wildman–Crippen LogP) is 5.81. The molecule has 0 radical (unpaired) electrons. The molecule has 0 saturated carbocycles. The second-order valence-electron chi connectivity index (χ2n) is 7.07. The van der Waals surface area contributed by atoms with Crippen molar-refractivity contribution >= 4 is 50.2 Å². The minimum atomic E-state index is -0.411. The Morgan fingerprint density at radius 3 is 2.77 bits per heavy atom. The molecule has 7 nitrogen and oxygen atoms in total. The summed E-state index contributed by atoms with van der Waals surface area (Å²) < 4.78 is 2.19. The number of benzene rings is 3. The van der Waals surface area contributed by atoms with Gasteiger partial charge in [-0.3, -0.25) is 15.5 Å². The lowest BCUT2D eigenvalue weighted by Gasteiger charge is -1.99. The van der Waals surface area contributed by atoms with Crippen molar-refractivity contribution in [1.29, 1.82) is 0 Å². The van der Waals surface area contributed by atoms with Crippen LogP contribution in [-0.4, -0.2) is 20.7 Å². The lowest BCUT2D eigenvalue weighted by Crippen LogP contribution is -1.91. The van der Waals surface area contributed by atoms with Crippen LogP contribution in [0.5, 0.6) is 0 Å². The highest BCUT2D eigenvalue weighted by Crippen LogP contribution is 2.29. The van der Waals surface area contributed by atoms with Crippen molar-refractivity contribution in [2.75, 3.05) is 5.43 Å². The molecule has 0 amide bonds. The van der Waals surface area contributed by atoms with Gasteiger partial charge in [-0.05, 0) is 23.8 Å². The molecule has 0 saturated heterocycles. The van der Waals surface area contributed by atoms with Crippen LogP contribution >= 0.6 is 11.3 Å². The molecule has 5 rings (SSSR count). The van der Waals surface area contributed by atoms with Crippen molar-refractivity contribution in [3.05, 3.63) is 87.8 Å². The number of non-ortho nitro benzene ring substituents is 1. The summed E-state index contributed by atoms with van der Waals surface area (Å²) in [6.07, 6.45) is 1.76. The number of hydrogen-bond acceptors (Lipinski definition) is 6. The fourth-order valence-corrected chi connectivity index (χ4v) is 4.33. The summed E-state index contributed by atoms with van der Waals surface area (Å²) in [6, 6.07) is 21.0. The zero-order chi connectivity index (χ0) is 21.4. The summed E-state index contributed by atoms with van der Waals surface area (Å²) in [6.45, 7) is 0. The summed E-state index contributed by atoms with van der Waals surface area (Å²) in [5, 5.41) is 20.2. The Kier molecular flexibility index (Phi) is 4.68. The van der Waals surface area contributed by atoms with Crippen LogP contribution in [0.4, 0.5) is 10.8 Å². The molecule has 3 aromatic carbocycles. The van der Waals surface area contributed by atoms with E-state index in [4.69, 9.17) is 0 Å². The van der Waals surface area contributed by atoms with E-state index in [1.54, 1.807) is 18.3 Å². The maximum absolute atomic E-state index is 11.0. The Bertz CT molecular complexity index is 1470. The average Bonchev–Trinajstić information content (AvgIpc) is 3.38. The number of nitrogens with one attached hydrogen (secondary N) is 1. The minimum Gasteiger partial charge on any atom is -0.344 e. The number of para-hydroxylation sites is 1. The van der Waals surface area contributed by atoms with Crippen LogP contribution in [0, 0.1) is 10.1 Å². The zero-order valence-corrected chi connectivity index (χ0v) is 17.3.